The molecule has 0 fully saturated rings. The maximum absolute atomic E-state index is 13.3. The second-order valence-electron chi connectivity index (χ2n) is 7.93. The lowest BCUT2D eigenvalue weighted by Crippen LogP contribution is -2.33. The first-order valence-electron chi connectivity index (χ1n) is 10.9. The van der Waals surface area contributed by atoms with Crippen LogP contribution in [0.15, 0.2) is 67.1 Å². The van der Waals surface area contributed by atoms with Crippen molar-refractivity contribution in [3.63, 3.8) is 0 Å². The van der Waals surface area contributed by atoms with Crippen molar-refractivity contribution in [2.75, 3.05) is 38.6 Å². The lowest BCUT2D eigenvalue weighted by Gasteiger charge is -2.25. The Kier molecular flexibility index (Phi) is 6.97. The number of rotatable bonds is 8. The molecule has 0 aliphatic carbocycles. The molecule has 2 heterocycles. The van der Waals surface area contributed by atoms with Gasteiger partial charge in [0, 0.05) is 44.9 Å². The van der Waals surface area contributed by atoms with E-state index in [1.54, 1.807) is 6.20 Å². The predicted octanol–water partition coefficient (Wildman–Crippen LogP) is 3.30. The van der Waals surface area contributed by atoms with Gasteiger partial charge in [0.05, 0.1) is 0 Å². The second-order valence-corrected chi connectivity index (χ2v) is 7.93. The first-order valence-corrected chi connectivity index (χ1v) is 10.9. The van der Waals surface area contributed by atoms with Gasteiger partial charge in [-0.1, -0.05) is 48.5 Å². The van der Waals surface area contributed by atoms with Crippen LogP contribution in [-0.4, -0.2) is 54.5 Å². The summed E-state index contributed by atoms with van der Waals surface area (Å²) in [5.41, 5.74) is 2.65. The normalized spacial score (nSPS) is 14.6. The van der Waals surface area contributed by atoms with Gasteiger partial charge in [0.15, 0.2) is 0 Å². The van der Waals surface area contributed by atoms with Crippen LogP contribution >= 0.6 is 0 Å². The number of hydrogen-bond donors (Lipinski definition) is 1. The third-order valence-electron chi connectivity index (χ3n) is 5.71. The third-order valence-corrected chi connectivity index (χ3v) is 5.71. The van der Waals surface area contributed by atoms with E-state index in [1.807, 2.05) is 66.4 Å². The molecular formula is C25H29N5O2. The summed E-state index contributed by atoms with van der Waals surface area (Å²) in [4.78, 5) is 25.5. The molecule has 1 atom stereocenters. The number of nitrogens with zero attached hydrogens (tertiary/aromatic N) is 4. The fourth-order valence-corrected chi connectivity index (χ4v) is 3.92. The van der Waals surface area contributed by atoms with Crippen molar-refractivity contribution in [3.05, 3.63) is 83.8 Å². The van der Waals surface area contributed by atoms with Gasteiger partial charge in [-0.15, -0.1) is 0 Å². The number of amides is 1. The van der Waals surface area contributed by atoms with Crippen molar-refractivity contribution in [2.45, 2.75) is 19.1 Å². The number of anilines is 1. The summed E-state index contributed by atoms with van der Waals surface area (Å²) in [6.45, 7) is 2.61. The summed E-state index contributed by atoms with van der Waals surface area (Å²) in [6.07, 6.45) is 3.85. The monoisotopic (exact) mass is 431 g/mol. The van der Waals surface area contributed by atoms with Crippen LogP contribution in [0, 0.1) is 0 Å². The highest BCUT2D eigenvalue weighted by Gasteiger charge is 2.27. The molecule has 32 heavy (non-hydrogen) atoms. The number of fused-ring (bicyclic) bond motifs is 1. The number of aromatic nitrogens is 2. The Morgan fingerprint density at radius 2 is 1.88 bits per heavy atom. The molecule has 7 nitrogen and oxygen atoms in total. The first kappa shape index (κ1) is 21.8. The number of para-hydroxylation sites is 1. The van der Waals surface area contributed by atoms with Crippen LogP contribution in [0.3, 0.4) is 0 Å². The van der Waals surface area contributed by atoms with Crippen molar-refractivity contribution in [3.8, 4) is 5.75 Å². The number of likely N-dealkylation sites (N-methyl/N-ethyl adjacent to an activating group) is 1. The lowest BCUT2D eigenvalue weighted by molar-refractivity contribution is 0.0751. The Hall–Kier alpha value is -3.45. The molecule has 0 spiro atoms. The number of benzene rings is 2. The fraction of sp³-hybridized carbons (Fsp3) is 0.320. The van der Waals surface area contributed by atoms with E-state index in [0.29, 0.717) is 31.0 Å². The molecule has 1 unspecified atom stereocenters. The quantitative estimate of drug-likeness (QED) is 0.590. The zero-order valence-corrected chi connectivity index (χ0v) is 18.6. The number of ether oxygens (including phenoxy) is 1. The molecule has 0 saturated heterocycles. The van der Waals surface area contributed by atoms with E-state index in [0.717, 1.165) is 29.8 Å². The van der Waals surface area contributed by atoms with Gasteiger partial charge in [-0.05, 0) is 25.2 Å². The molecule has 1 N–H and O–H groups in total. The number of nitrogens with one attached hydrogen (secondary N) is 1. The molecule has 7 heteroatoms. The highest BCUT2D eigenvalue weighted by Crippen LogP contribution is 2.29. The summed E-state index contributed by atoms with van der Waals surface area (Å²) >= 11 is 0. The van der Waals surface area contributed by atoms with Gasteiger partial charge in [0.1, 0.15) is 29.6 Å². The minimum absolute atomic E-state index is 0.0606. The lowest BCUT2D eigenvalue weighted by atomic mass is 10.1. The van der Waals surface area contributed by atoms with E-state index in [9.17, 15) is 4.79 Å². The standard InChI is InChI=1S/C25H29N5O2/c1-26-13-12-23(19-8-4-3-5-9-19)32-22-11-7-6-10-20(22)17-30-15-14-29(2)24-21(25(30)31)16-27-18-28-24/h3-11,16,18,23,26H,12-15,17H2,1-2H3. The van der Waals surface area contributed by atoms with Gasteiger partial charge in [-0.2, -0.15) is 0 Å². The van der Waals surface area contributed by atoms with Gasteiger partial charge in [0.2, 0.25) is 0 Å². The smallest absolute Gasteiger partial charge is 0.259 e. The van der Waals surface area contributed by atoms with Crippen LogP contribution in [0.4, 0.5) is 5.82 Å². The maximum Gasteiger partial charge on any atom is 0.259 e. The molecule has 0 bridgehead atoms. The van der Waals surface area contributed by atoms with Crippen LogP contribution < -0.4 is 15.0 Å². The highest BCUT2D eigenvalue weighted by atomic mass is 16.5. The second kappa shape index (κ2) is 10.2. The van der Waals surface area contributed by atoms with Gasteiger partial charge in [-0.25, -0.2) is 9.97 Å². The molecular weight excluding hydrogens is 402 g/mol. The van der Waals surface area contributed by atoms with E-state index in [4.69, 9.17) is 4.74 Å². The first-order chi connectivity index (χ1) is 15.7. The minimum Gasteiger partial charge on any atom is -0.485 e. The zero-order valence-electron chi connectivity index (χ0n) is 18.6. The third kappa shape index (κ3) is 4.89. The Labute approximate surface area is 189 Å². The van der Waals surface area contributed by atoms with Crippen molar-refractivity contribution in [2.24, 2.45) is 0 Å². The van der Waals surface area contributed by atoms with E-state index in [2.05, 4.69) is 27.4 Å². The molecule has 1 aromatic heterocycles. The van der Waals surface area contributed by atoms with E-state index in [-0.39, 0.29) is 12.0 Å². The van der Waals surface area contributed by atoms with Gasteiger partial charge in [-0.3, -0.25) is 4.79 Å². The maximum atomic E-state index is 13.3. The summed E-state index contributed by atoms with van der Waals surface area (Å²) in [6, 6.07) is 18.2. The summed E-state index contributed by atoms with van der Waals surface area (Å²) in [5.74, 6) is 1.41. The van der Waals surface area contributed by atoms with Crippen molar-refractivity contribution >= 4 is 11.7 Å². The zero-order chi connectivity index (χ0) is 22.3. The molecule has 3 aromatic rings. The van der Waals surface area contributed by atoms with Crippen LogP contribution in [0.1, 0.15) is 34.0 Å². The Balaban J connectivity index is 1.58. The molecule has 2 aromatic carbocycles. The fourth-order valence-electron chi connectivity index (χ4n) is 3.92. The van der Waals surface area contributed by atoms with Crippen molar-refractivity contribution < 1.29 is 9.53 Å². The predicted molar refractivity (Wildman–Crippen MR) is 125 cm³/mol. The molecule has 0 saturated carbocycles. The Bertz CT molecular complexity index is 1040. The van der Waals surface area contributed by atoms with Gasteiger partial charge in [0.25, 0.3) is 5.91 Å². The van der Waals surface area contributed by atoms with E-state index >= 15 is 0 Å². The minimum atomic E-state index is -0.0788. The van der Waals surface area contributed by atoms with Crippen LogP contribution in [0.5, 0.6) is 5.75 Å². The molecule has 0 radical (unpaired) electrons. The van der Waals surface area contributed by atoms with Crippen LogP contribution in [0.2, 0.25) is 0 Å². The highest BCUT2D eigenvalue weighted by molar-refractivity contribution is 5.99. The average molecular weight is 432 g/mol. The number of hydrogen-bond acceptors (Lipinski definition) is 6. The molecule has 1 aliphatic rings. The van der Waals surface area contributed by atoms with Crippen molar-refractivity contribution in [1.82, 2.24) is 20.2 Å². The summed E-state index contributed by atoms with van der Waals surface area (Å²) in [7, 11) is 3.89. The van der Waals surface area contributed by atoms with Gasteiger partial charge < -0.3 is 19.9 Å². The largest absolute Gasteiger partial charge is 0.485 e. The van der Waals surface area contributed by atoms with Crippen molar-refractivity contribution in [1.29, 1.82) is 0 Å². The van der Waals surface area contributed by atoms with E-state index < -0.39 is 0 Å². The van der Waals surface area contributed by atoms with Gasteiger partial charge >= 0.3 is 0 Å². The van der Waals surface area contributed by atoms with Crippen LogP contribution in [-0.2, 0) is 6.54 Å². The molecule has 1 amide bonds. The molecule has 1 aliphatic heterocycles. The topological polar surface area (TPSA) is 70.6 Å². The molecule has 166 valence electrons. The average Bonchev–Trinajstić information content (AvgIpc) is 2.95. The number of carbonyl (C=O) groups excluding carboxylic acids is 1. The number of carbonyl (C=O) groups is 1. The Morgan fingerprint density at radius 3 is 2.69 bits per heavy atom. The van der Waals surface area contributed by atoms with Crippen LogP contribution in [0.25, 0.3) is 0 Å². The Morgan fingerprint density at radius 1 is 1.09 bits per heavy atom. The SMILES string of the molecule is CNCCC(Oc1ccccc1CN1CCN(C)c2ncncc2C1=O)c1ccccc1. The molecule has 4 rings (SSSR count). The summed E-state index contributed by atoms with van der Waals surface area (Å²) < 4.78 is 6.52. The van der Waals surface area contributed by atoms with E-state index in [1.165, 1.54) is 6.33 Å². The summed E-state index contributed by atoms with van der Waals surface area (Å²) in [5, 5.41) is 3.21.